The molecular formula is C24H27NO4. The third-order valence-electron chi connectivity index (χ3n) is 5.57. The normalized spacial score (nSPS) is 15.7. The van der Waals surface area contributed by atoms with Gasteiger partial charge in [-0.2, -0.15) is 0 Å². The minimum Gasteiger partial charge on any atom is -0.507 e. The molecule has 2 aromatic carbocycles. The van der Waals surface area contributed by atoms with E-state index in [0.29, 0.717) is 41.9 Å². The van der Waals surface area contributed by atoms with Gasteiger partial charge in [-0.25, -0.2) is 0 Å². The summed E-state index contributed by atoms with van der Waals surface area (Å²) in [4.78, 5) is 15.4. The lowest BCUT2D eigenvalue weighted by Gasteiger charge is -2.27. The lowest BCUT2D eigenvalue weighted by molar-refractivity contribution is 0.0339. The predicted octanol–water partition coefficient (Wildman–Crippen LogP) is 4.30. The molecule has 4 rings (SSSR count). The number of aromatic hydroxyl groups is 1. The fourth-order valence-electron chi connectivity index (χ4n) is 3.73. The number of hydrogen-bond donors (Lipinski definition) is 1. The van der Waals surface area contributed by atoms with Gasteiger partial charge in [0.1, 0.15) is 17.6 Å². The van der Waals surface area contributed by atoms with E-state index in [9.17, 15) is 9.90 Å². The van der Waals surface area contributed by atoms with Crippen molar-refractivity contribution < 1.29 is 14.3 Å². The minimum absolute atomic E-state index is 0.0541. The van der Waals surface area contributed by atoms with Crippen molar-refractivity contribution in [2.24, 2.45) is 0 Å². The second-order valence-corrected chi connectivity index (χ2v) is 8.63. The van der Waals surface area contributed by atoms with E-state index in [2.05, 4.69) is 37.8 Å². The number of benzene rings is 2. The summed E-state index contributed by atoms with van der Waals surface area (Å²) in [7, 11) is 0. The van der Waals surface area contributed by atoms with Crippen LogP contribution in [-0.4, -0.2) is 36.3 Å². The van der Waals surface area contributed by atoms with Gasteiger partial charge in [0.2, 0.25) is 5.43 Å². The summed E-state index contributed by atoms with van der Waals surface area (Å²) in [6.45, 7) is 9.93. The Hall–Kier alpha value is -2.63. The van der Waals surface area contributed by atoms with Crippen molar-refractivity contribution in [3.8, 4) is 16.9 Å². The maximum Gasteiger partial charge on any atom is 0.200 e. The fraction of sp³-hybridized carbons (Fsp3) is 0.375. The zero-order chi connectivity index (χ0) is 20.6. The lowest BCUT2D eigenvalue weighted by Crippen LogP contribution is -2.35. The van der Waals surface area contributed by atoms with Crippen LogP contribution in [-0.2, 0) is 16.7 Å². The second kappa shape index (κ2) is 7.65. The SMILES string of the molecule is CC(C)(C)c1ccc(-c2coc3c(CN4CCOCC4)c(O)ccc3c2=O)cc1. The fourth-order valence-corrected chi connectivity index (χ4v) is 3.73. The largest absolute Gasteiger partial charge is 0.507 e. The Morgan fingerprint density at radius 2 is 1.72 bits per heavy atom. The highest BCUT2D eigenvalue weighted by Gasteiger charge is 2.19. The minimum atomic E-state index is -0.0852. The predicted molar refractivity (Wildman–Crippen MR) is 114 cm³/mol. The van der Waals surface area contributed by atoms with Gasteiger partial charge >= 0.3 is 0 Å². The third-order valence-corrected chi connectivity index (χ3v) is 5.57. The molecule has 0 aliphatic carbocycles. The topological polar surface area (TPSA) is 62.9 Å². The second-order valence-electron chi connectivity index (χ2n) is 8.63. The van der Waals surface area contributed by atoms with Gasteiger partial charge in [0.05, 0.1) is 29.7 Å². The highest BCUT2D eigenvalue weighted by molar-refractivity contribution is 5.85. The van der Waals surface area contributed by atoms with Gasteiger partial charge < -0.3 is 14.3 Å². The van der Waals surface area contributed by atoms with Crippen molar-refractivity contribution in [3.05, 3.63) is 64.0 Å². The van der Waals surface area contributed by atoms with Crippen LogP contribution in [0.5, 0.6) is 5.75 Å². The molecule has 3 aromatic rings. The van der Waals surface area contributed by atoms with Gasteiger partial charge in [-0.15, -0.1) is 0 Å². The molecule has 1 aliphatic rings. The number of hydrogen-bond acceptors (Lipinski definition) is 5. The standard InChI is InChI=1S/C24H27NO4/c1-24(2,3)17-6-4-16(5-7-17)20-15-29-23-18(22(20)27)8-9-21(26)19(23)14-25-10-12-28-13-11-25/h4-9,15,26H,10-14H2,1-3H3. The Morgan fingerprint density at radius 1 is 1.03 bits per heavy atom. The molecule has 0 amide bonds. The Balaban J connectivity index is 1.74. The van der Waals surface area contributed by atoms with E-state index in [1.54, 1.807) is 12.1 Å². The molecule has 0 bridgehead atoms. The number of fused-ring (bicyclic) bond motifs is 1. The van der Waals surface area contributed by atoms with E-state index < -0.39 is 0 Å². The zero-order valence-electron chi connectivity index (χ0n) is 17.2. The van der Waals surface area contributed by atoms with Gasteiger partial charge in [-0.05, 0) is 28.7 Å². The van der Waals surface area contributed by atoms with Crippen LogP contribution in [0.3, 0.4) is 0 Å². The van der Waals surface area contributed by atoms with Gasteiger partial charge in [-0.1, -0.05) is 45.0 Å². The number of phenols is 1. The monoisotopic (exact) mass is 393 g/mol. The molecular weight excluding hydrogens is 366 g/mol. The summed E-state index contributed by atoms with van der Waals surface area (Å²) >= 11 is 0. The molecule has 1 fully saturated rings. The van der Waals surface area contributed by atoms with Crippen LogP contribution >= 0.6 is 0 Å². The van der Waals surface area contributed by atoms with Crippen LogP contribution in [0.2, 0.25) is 0 Å². The van der Waals surface area contributed by atoms with Gasteiger partial charge in [0.15, 0.2) is 0 Å². The van der Waals surface area contributed by atoms with E-state index in [1.807, 2.05) is 12.1 Å². The van der Waals surface area contributed by atoms with Crippen LogP contribution in [0.4, 0.5) is 0 Å². The number of ether oxygens (including phenoxy) is 1. The molecule has 1 aliphatic heterocycles. The lowest BCUT2D eigenvalue weighted by atomic mass is 9.86. The molecule has 1 aromatic heterocycles. The number of morpholine rings is 1. The highest BCUT2D eigenvalue weighted by Crippen LogP contribution is 2.30. The Bertz CT molecular complexity index is 1070. The van der Waals surface area contributed by atoms with Crippen molar-refractivity contribution in [2.45, 2.75) is 32.7 Å². The van der Waals surface area contributed by atoms with E-state index in [4.69, 9.17) is 9.15 Å². The molecule has 0 radical (unpaired) electrons. The quantitative estimate of drug-likeness (QED) is 0.719. The molecule has 1 saturated heterocycles. The summed E-state index contributed by atoms with van der Waals surface area (Å²) in [5.41, 5.74) is 3.64. The van der Waals surface area contributed by atoms with Crippen LogP contribution in [0.25, 0.3) is 22.1 Å². The average Bonchev–Trinajstić information content (AvgIpc) is 2.71. The molecule has 5 nitrogen and oxygen atoms in total. The molecule has 2 heterocycles. The summed E-state index contributed by atoms with van der Waals surface area (Å²) in [5.74, 6) is 0.148. The Morgan fingerprint density at radius 3 is 2.38 bits per heavy atom. The Labute approximate surface area is 170 Å². The first-order valence-electron chi connectivity index (χ1n) is 10.0. The van der Waals surface area contributed by atoms with Crippen molar-refractivity contribution in [3.63, 3.8) is 0 Å². The van der Waals surface area contributed by atoms with E-state index in [0.717, 1.165) is 18.7 Å². The molecule has 5 heteroatoms. The molecule has 1 N–H and O–H groups in total. The third kappa shape index (κ3) is 3.93. The van der Waals surface area contributed by atoms with Crippen molar-refractivity contribution in [2.75, 3.05) is 26.3 Å². The molecule has 0 unspecified atom stereocenters. The highest BCUT2D eigenvalue weighted by atomic mass is 16.5. The van der Waals surface area contributed by atoms with Crippen LogP contribution < -0.4 is 5.43 Å². The first-order chi connectivity index (χ1) is 13.8. The molecule has 29 heavy (non-hydrogen) atoms. The summed E-state index contributed by atoms with van der Waals surface area (Å²) < 4.78 is 11.3. The first kappa shape index (κ1) is 19.7. The van der Waals surface area contributed by atoms with Gasteiger partial charge in [-0.3, -0.25) is 9.69 Å². The average molecular weight is 393 g/mol. The molecule has 152 valence electrons. The van der Waals surface area contributed by atoms with Crippen LogP contribution in [0, 0.1) is 0 Å². The van der Waals surface area contributed by atoms with E-state index >= 15 is 0 Å². The summed E-state index contributed by atoms with van der Waals surface area (Å²) in [5, 5.41) is 10.9. The molecule has 0 saturated carbocycles. The number of rotatable bonds is 3. The Kier molecular flexibility index (Phi) is 5.19. The van der Waals surface area contributed by atoms with Crippen molar-refractivity contribution >= 4 is 11.0 Å². The van der Waals surface area contributed by atoms with E-state index in [-0.39, 0.29) is 16.6 Å². The summed E-state index contributed by atoms with van der Waals surface area (Å²) in [6.07, 6.45) is 1.51. The number of phenolic OH excluding ortho intramolecular Hbond substituents is 1. The molecule has 0 atom stereocenters. The van der Waals surface area contributed by atoms with Gasteiger partial charge in [0, 0.05) is 19.6 Å². The summed E-state index contributed by atoms with van der Waals surface area (Å²) in [6, 6.07) is 11.3. The van der Waals surface area contributed by atoms with Crippen molar-refractivity contribution in [1.82, 2.24) is 4.90 Å². The van der Waals surface area contributed by atoms with Crippen LogP contribution in [0.1, 0.15) is 31.9 Å². The smallest absolute Gasteiger partial charge is 0.200 e. The maximum atomic E-state index is 13.2. The molecule has 0 spiro atoms. The number of nitrogens with zero attached hydrogens (tertiary/aromatic N) is 1. The van der Waals surface area contributed by atoms with E-state index in [1.165, 1.54) is 11.8 Å². The van der Waals surface area contributed by atoms with Crippen molar-refractivity contribution in [1.29, 1.82) is 0 Å². The maximum absolute atomic E-state index is 13.2. The zero-order valence-corrected chi connectivity index (χ0v) is 17.2. The first-order valence-corrected chi connectivity index (χ1v) is 10.0. The van der Waals surface area contributed by atoms with Crippen LogP contribution in [0.15, 0.2) is 51.9 Å². The van der Waals surface area contributed by atoms with Gasteiger partial charge in [0.25, 0.3) is 0 Å².